The highest BCUT2D eigenvalue weighted by atomic mass is 35.5. The van der Waals surface area contributed by atoms with Gasteiger partial charge in [-0.15, -0.1) is 0 Å². The van der Waals surface area contributed by atoms with Crippen molar-refractivity contribution in [2.45, 2.75) is 24.0 Å². The number of anilines is 1. The number of benzene rings is 5. The van der Waals surface area contributed by atoms with Crippen molar-refractivity contribution < 1.29 is 9.59 Å². The maximum atomic E-state index is 15.0. The van der Waals surface area contributed by atoms with Crippen LogP contribution in [-0.2, 0) is 16.9 Å². The van der Waals surface area contributed by atoms with Crippen molar-refractivity contribution in [3.05, 3.63) is 172 Å². The van der Waals surface area contributed by atoms with E-state index in [0.29, 0.717) is 17.1 Å². The first-order valence-corrected chi connectivity index (χ1v) is 14.6. The van der Waals surface area contributed by atoms with Gasteiger partial charge < -0.3 is 4.90 Å². The van der Waals surface area contributed by atoms with Gasteiger partial charge in [-0.2, -0.15) is 0 Å². The van der Waals surface area contributed by atoms with Gasteiger partial charge in [0, 0.05) is 33.8 Å². The number of nitrogens with zero attached hydrogens (tertiary/aromatic N) is 1. The molecule has 1 spiro atoms. The molecule has 0 radical (unpaired) electrons. The number of nitrogens with one attached hydrogen (secondary N) is 1. The highest BCUT2D eigenvalue weighted by Gasteiger charge is 2.65. The summed E-state index contributed by atoms with van der Waals surface area (Å²) >= 11 is 6.30. The summed E-state index contributed by atoms with van der Waals surface area (Å²) in [6.07, 6.45) is 0. The van der Waals surface area contributed by atoms with E-state index < -0.39 is 23.4 Å². The van der Waals surface area contributed by atoms with Gasteiger partial charge >= 0.3 is 0 Å². The molecule has 206 valence electrons. The normalized spacial score (nSPS) is 22.8. The van der Waals surface area contributed by atoms with Crippen LogP contribution in [0.4, 0.5) is 5.69 Å². The maximum Gasteiger partial charge on any atom is 0.252 e. The Morgan fingerprint density at radius 2 is 1.31 bits per heavy atom. The van der Waals surface area contributed by atoms with Crippen molar-refractivity contribution in [3.8, 4) is 0 Å². The number of ketones is 1. The van der Waals surface area contributed by atoms with E-state index in [1.807, 2.05) is 144 Å². The molecule has 1 amide bonds. The molecule has 0 unspecified atom stereocenters. The van der Waals surface area contributed by atoms with Gasteiger partial charge in [0.15, 0.2) is 5.78 Å². The van der Waals surface area contributed by atoms with Crippen LogP contribution in [0.3, 0.4) is 0 Å². The third-order valence-corrected chi connectivity index (χ3v) is 8.95. The summed E-state index contributed by atoms with van der Waals surface area (Å²) in [4.78, 5) is 31.5. The number of halogens is 1. The minimum absolute atomic E-state index is 0.000526. The summed E-state index contributed by atoms with van der Waals surface area (Å²) in [6.45, 7) is 0.435. The first-order valence-electron chi connectivity index (χ1n) is 14.2. The lowest BCUT2D eigenvalue weighted by Crippen LogP contribution is -2.50. The molecule has 7 rings (SSSR count). The van der Waals surface area contributed by atoms with Crippen molar-refractivity contribution in [2.24, 2.45) is 5.92 Å². The van der Waals surface area contributed by atoms with Crippen LogP contribution in [0.1, 0.15) is 44.6 Å². The number of para-hydroxylation sites is 1. The molecule has 2 aliphatic rings. The predicted molar refractivity (Wildman–Crippen MR) is 167 cm³/mol. The molecule has 1 N–H and O–H groups in total. The fourth-order valence-corrected chi connectivity index (χ4v) is 7.03. The fraction of sp³-hybridized carbons (Fsp3) is 0.135. The average molecular weight is 569 g/mol. The van der Waals surface area contributed by atoms with Crippen molar-refractivity contribution in [2.75, 3.05) is 4.90 Å². The molecular weight excluding hydrogens is 540 g/mol. The number of rotatable bonds is 6. The van der Waals surface area contributed by atoms with Gasteiger partial charge in [-0.25, -0.2) is 0 Å². The average Bonchev–Trinajstić information content (AvgIpc) is 3.52. The van der Waals surface area contributed by atoms with Crippen LogP contribution >= 0.6 is 11.6 Å². The zero-order chi connectivity index (χ0) is 28.7. The molecule has 4 atom stereocenters. The molecule has 5 aromatic carbocycles. The minimum Gasteiger partial charge on any atom is -0.306 e. The van der Waals surface area contributed by atoms with Crippen LogP contribution in [0.5, 0.6) is 0 Å². The second kappa shape index (κ2) is 10.7. The smallest absolute Gasteiger partial charge is 0.252 e. The topological polar surface area (TPSA) is 49.4 Å². The maximum absolute atomic E-state index is 15.0. The third-order valence-electron chi connectivity index (χ3n) is 8.70. The summed E-state index contributed by atoms with van der Waals surface area (Å²) in [5, 5.41) is 4.44. The van der Waals surface area contributed by atoms with Gasteiger partial charge in [0.25, 0.3) is 5.91 Å². The quantitative estimate of drug-likeness (QED) is 0.213. The lowest BCUT2D eigenvalue weighted by Gasteiger charge is -2.33. The van der Waals surface area contributed by atoms with Crippen molar-refractivity contribution in [1.82, 2.24) is 5.32 Å². The van der Waals surface area contributed by atoms with Crippen LogP contribution < -0.4 is 10.2 Å². The van der Waals surface area contributed by atoms with Gasteiger partial charge in [-0.05, 0) is 34.9 Å². The van der Waals surface area contributed by atoms with Gasteiger partial charge in [0.1, 0.15) is 5.54 Å². The highest BCUT2D eigenvalue weighted by Crippen LogP contribution is 2.59. The molecule has 2 aliphatic heterocycles. The number of Topliss-reactive ketones (excluding diaryl/α,β-unsaturated/α-hetero) is 1. The number of carbonyl (C=O) groups is 2. The number of hydrogen-bond donors (Lipinski definition) is 1. The van der Waals surface area contributed by atoms with Crippen molar-refractivity contribution >= 4 is 29.0 Å². The molecule has 5 heteroatoms. The fourth-order valence-electron chi connectivity index (χ4n) is 6.91. The lowest BCUT2D eigenvalue weighted by molar-refractivity contribution is -0.124. The van der Waals surface area contributed by atoms with Crippen LogP contribution in [0.15, 0.2) is 140 Å². The Morgan fingerprint density at radius 1 is 0.714 bits per heavy atom. The molecule has 0 saturated carbocycles. The second-order valence-corrected chi connectivity index (χ2v) is 11.5. The van der Waals surface area contributed by atoms with E-state index in [9.17, 15) is 4.79 Å². The largest absolute Gasteiger partial charge is 0.306 e. The third kappa shape index (κ3) is 4.27. The molecule has 0 bridgehead atoms. The van der Waals surface area contributed by atoms with Crippen molar-refractivity contribution in [1.29, 1.82) is 0 Å². The Balaban J connectivity index is 1.46. The summed E-state index contributed by atoms with van der Waals surface area (Å²) < 4.78 is 0. The second-order valence-electron chi connectivity index (χ2n) is 11.0. The van der Waals surface area contributed by atoms with Crippen LogP contribution in [0.25, 0.3) is 0 Å². The van der Waals surface area contributed by atoms with Crippen LogP contribution in [-0.4, -0.2) is 11.7 Å². The van der Waals surface area contributed by atoms with E-state index in [2.05, 4.69) is 5.32 Å². The minimum atomic E-state index is -1.16. The van der Waals surface area contributed by atoms with Crippen LogP contribution in [0.2, 0.25) is 5.02 Å². The standard InChI is InChI=1S/C37H29ClN2O2/c38-29-22-20-27(21-23-29)34-32(35(41)28-16-8-3-9-17-28)33(26-14-6-2-7-15-26)37(39-34)30-18-10-11-19-31(30)40(36(37)42)24-25-12-4-1-5-13-25/h1-23,32-34,39H,24H2/t32-,33-,34-,37+/m0/s1. The van der Waals surface area contributed by atoms with Crippen molar-refractivity contribution in [3.63, 3.8) is 0 Å². The Morgan fingerprint density at radius 3 is 2.00 bits per heavy atom. The van der Waals surface area contributed by atoms with Gasteiger partial charge in [-0.3, -0.25) is 14.9 Å². The molecule has 4 nitrogen and oxygen atoms in total. The van der Waals surface area contributed by atoms with E-state index in [1.165, 1.54) is 0 Å². The number of amides is 1. The van der Waals surface area contributed by atoms with E-state index >= 15 is 4.79 Å². The Bertz CT molecular complexity index is 1740. The highest BCUT2D eigenvalue weighted by molar-refractivity contribution is 6.30. The van der Waals surface area contributed by atoms with E-state index in [0.717, 1.165) is 27.9 Å². The molecule has 42 heavy (non-hydrogen) atoms. The molecule has 0 aliphatic carbocycles. The summed E-state index contributed by atoms with van der Waals surface area (Å²) in [5.74, 6) is -1.09. The zero-order valence-electron chi connectivity index (χ0n) is 22.9. The summed E-state index contributed by atoms with van der Waals surface area (Å²) in [5.41, 5.74) is 4.12. The SMILES string of the molecule is O=C(c1ccccc1)[C@@H]1[C@H](c2ccc(Cl)cc2)N[C@@]2(C(=O)N(Cc3ccccc3)c3ccccc32)[C@H]1c1ccccc1. The van der Waals surface area contributed by atoms with E-state index in [-0.39, 0.29) is 11.7 Å². The van der Waals surface area contributed by atoms with E-state index in [1.54, 1.807) is 0 Å². The van der Waals surface area contributed by atoms with E-state index in [4.69, 9.17) is 11.6 Å². The van der Waals surface area contributed by atoms with Gasteiger partial charge in [0.2, 0.25) is 0 Å². The Labute approximate surface area is 250 Å². The molecule has 1 saturated heterocycles. The zero-order valence-corrected chi connectivity index (χ0v) is 23.6. The Hall–Kier alpha value is -4.51. The molecule has 1 fully saturated rings. The molecule has 0 aromatic heterocycles. The summed E-state index contributed by atoms with van der Waals surface area (Å²) in [7, 11) is 0. The van der Waals surface area contributed by atoms with Crippen LogP contribution in [0, 0.1) is 5.92 Å². The number of carbonyl (C=O) groups excluding carboxylic acids is 2. The first kappa shape index (κ1) is 26.4. The van der Waals surface area contributed by atoms with Gasteiger partial charge in [-0.1, -0.05) is 133 Å². The number of hydrogen-bond acceptors (Lipinski definition) is 3. The summed E-state index contributed by atoms with van der Waals surface area (Å²) in [6, 6.07) is 44.6. The van der Waals surface area contributed by atoms with Gasteiger partial charge in [0.05, 0.1) is 12.5 Å². The number of fused-ring (bicyclic) bond motifs is 2. The molecule has 2 heterocycles. The monoisotopic (exact) mass is 568 g/mol. The molecular formula is C37H29ClN2O2. The lowest BCUT2D eigenvalue weighted by atomic mass is 9.69. The Kier molecular flexibility index (Phi) is 6.73. The predicted octanol–water partition coefficient (Wildman–Crippen LogP) is 7.71. The first-order chi connectivity index (χ1) is 20.6. The molecule has 5 aromatic rings.